The second-order valence-electron chi connectivity index (χ2n) is 4.42. The van der Waals surface area contributed by atoms with Gasteiger partial charge in [0.25, 0.3) is 0 Å². The molecule has 0 N–H and O–H groups in total. The van der Waals surface area contributed by atoms with Gasteiger partial charge in [0, 0.05) is 13.0 Å². The van der Waals surface area contributed by atoms with Crippen LogP contribution in [0.4, 0.5) is 0 Å². The molecule has 0 saturated carbocycles. The normalized spacial score (nSPS) is 10.9. The minimum Gasteiger partial charge on any atom is -0.328 e. The summed E-state index contributed by atoms with van der Waals surface area (Å²) in [6, 6.07) is 18.8. The fraction of sp³-hybridized carbons (Fsp3) is 0.188. The van der Waals surface area contributed by atoms with Gasteiger partial charge in [0.1, 0.15) is 5.82 Å². The number of nitrogens with zero attached hydrogens (tertiary/aromatic N) is 2. The lowest BCUT2D eigenvalue weighted by atomic mass is 10.1. The van der Waals surface area contributed by atoms with Crippen molar-refractivity contribution in [2.24, 2.45) is 0 Å². The van der Waals surface area contributed by atoms with E-state index >= 15 is 0 Å². The summed E-state index contributed by atoms with van der Waals surface area (Å²) in [5.74, 6) is 1.14. The van der Waals surface area contributed by atoms with Crippen molar-refractivity contribution in [2.75, 3.05) is 0 Å². The molecule has 0 fully saturated rings. The molecule has 90 valence electrons. The van der Waals surface area contributed by atoms with Crippen LogP contribution >= 0.6 is 0 Å². The fourth-order valence-corrected chi connectivity index (χ4v) is 2.39. The number of aryl methyl sites for hydroxylation is 1. The molecule has 1 aromatic heterocycles. The third-order valence-electron chi connectivity index (χ3n) is 3.25. The van der Waals surface area contributed by atoms with Crippen LogP contribution in [-0.2, 0) is 13.0 Å². The minimum absolute atomic E-state index is 0.892. The van der Waals surface area contributed by atoms with E-state index in [-0.39, 0.29) is 0 Å². The quantitative estimate of drug-likeness (QED) is 0.678. The Morgan fingerprint density at radius 2 is 1.67 bits per heavy atom. The highest BCUT2D eigenvalue weighted by Gasteiger charge is 2.08. The van der Waals surface area contributed by atoms with Crippen molar-refractivity contribution in [3.8, 4) is 0 Å². The number of para-hydroxylation sites is 2. The van der Waals surface area contributed by atoms with Gasteiger partial charge in [-0.05, 0) is 24.6 Å². The fourth-order valence-electron chi connectivity index (χ4n) is 2.39. The van der Waals surface area contributed by atoms with E-state index in [1.807, 2.05) is 12.1 Å². The Balaban J connectivity index is 2.06. The Morgan fingerprint density at radius 1 is 0.944 bits per heavy atom. The van der Waals surface area contributed by atoms with Crippen LogP contribution in [0, 0.1) is 0 Å². The van der Waals surface area contributed by atoms with Crippen LogP contribution < -0.4 is 0 Å². The lowest BCUT2D eigenvalue weighted by Gasteiger charge is -2.05. The molecule has 0 saturated heterocycles. The lowest BCUT2D eigenvalue weighted by molar-refractivity contribution is 0.733. The molecule has 3 rings (SSSR count). The number of hydrogen-bond acceptors (Lipinski definition) is 1. The number of hydrogen-bond donors (Lipinski definition) is 0. The highest BCUT2D eigenvalue weighted by atomic mass is 15.1. The van der Waals surface area contributed by atoms with Crippen molar-refractivity contribution >= 4 is 11.0 Å². The minimum atomic E-state index is 0.892. The molecule has 0 aliphatic rings. The highest BCUT2D eigenvalue weighted by molar-refractivity contribution is 5.75. The lowest BCUT2D eigenvalue weighted by Crippen LogP contribution is -2.02. The standard InChI is InChI=1S/C16H16N2/c1-2-18-15-11-7-6-10-14(15)17-16(18)12-13-8-4-3-5-9-13/h3-11H,2,12H2,1H3. The summed E-state index contributed by atoms with van der Waals surface area (Å²) < 4.78 is 2.29. The first kappa shape index (κ1) is 11.0. The third kappa shape index (κ3) is 1.90. The number of benzene rings is 2. The summed E-state index contributed by atoms with van der Waals surface area (Å²) in [5.41, 5.74) is 3.62. The van der Waals surface area contributed by atoms with Crippen LogP contribution in [0.1, 0.15) is 18.3 Å². The molecule has 2 heteroatoms. The van der Waals surface area contributed by atoms with Crippen molar-refractivity contribution in [3.05, 3.63) is 66.0 Å². The Hall–Kier alpha value is -2.09. The number of imidazole rings is 1. The van der Waals surface area contributed by atoms with E-state index in [1.165, 1.54) is 11.1 Å². The van der Waals surface area contributed by atoms with E-state index in [9.17, 15) is 0 Å². The Morgan fingerprint density at radius 3 is 2.44 bits per heavy atom. The van der Waals surface area contributed by atoms with Crippen molar-refractivity contribution in [1.82, 2.24) is 9.55 Å². The molecule has 0 aliphatic carbocycles. The van der Waals surface area contributed by atoms with E-state index in [2.05, 4.69) is 54.0 Å². The van der Waals surface area contributed by atoms with Gasteiger partial charge in [-0.2, -0.15) is 0 Å². The molecule has 0 bridgehead atoms. The maximum Gasteiger partial charge on any atom is 0.114 e. The van der Waals surface area contributed by atoms with Crippen LogP contribution in [0.2, 0.25) is 0 Å². The van der Waals surface area contributed by atoms with E-state index < -0.39 is 0 Å². The topological polar surface area (TPSA) is 17.8 Å². The van der Waals surface area contributed by atoms with Gasteiger partial charge in [-0.15, -0.1) is 0 Å². The molecule has 0 radical (unpaired) electrons. The van der Waals surface area contributed by atoms with Crippen LogP contribution in [0.5, 0.6) is 0 Å². The van der Waals surface area contributed by atoms with Gasteiger partial charge < -0.3 is 4.57 Å². The summed E-state index contributed by atoms with van der Waals surface area (Å²) in [7, 11) is 0. The van der Waals surface area contributed by atoms with Crippen molar-refractivity contribution < 1.29 is 0 Å². The molecule has 0 atom stereocenters. The second kappa shape index (κ2) is 4.65. The van der Waals surface area contributed by atoms with Gasteiger partial charge in [0.15, 0.2) is 0 Å². The summed E-state index contributed by atoms with van der Waals surface area (Å²) in [5, 5.41) is 0. The van der Waals surface area contributed by atoms with E-state index in [0.717, 1.165) is 24.3 Å². The third-order valence-corrected chi connectivity index (χ3v) is 3.25. The highest BCUT2D eigenvalue weighted by Crippen LogP contribution is 2.18. The predicted molar refractivity (Wildman–Crippen MR) is 74.7 cm³/mol. The second-order valence-corrected chi connectivity index (χ2v) is 4.42. The van der Waals surface area contributed by atoms with Crippen LogP contribution in [0.15, 0.2) is 54.6 Å². The molecule has 2 aromatic carbocycles. The molecule has 0 spiro atoms. The zero-order chi connectivity index (χ0) is 12.4. The van der Waals surface area contributed by atoms with Crippen LogP contribution in [-0.4, -0.2) is 9.55 Å². The molecule has 0 aliphatic heterocycles. The average Bonchev–Trinajstić information content (AvgIpc) is 2.77. The molecule has 18 heavy (non-hydrogen) atoms. The summed E-state index contributed by atoms with van der Waals surface area (Å²) in [6.45, 7) is 3.13. The molecule has 3 aromatic rings. The molecule has 1 heterocycles. The van der Waals surface area contributed by atoms with Gasteiger partial charge in [-0.3, -0.25) is 0 Å². The van der Waals surface area contributed by atoms with Crippen LogP contribution in [0.25, 0.3) is 11.0 Å². The number of aromatic nitrogens is 2. The van der Waals surface area contributed by atoms with E-state index in [1.54, 1.807) is 0 Å². The Labute approximate surface area is 107 Å². The summed E-state index contributed by atoms with van der Waals surface area (Å²) >= 11 is 0. The van der Waals surface area contributed by atoms with Crippen molar-refractivity contribution in [1.29, 1.82) is 0 Å². The molecule has 2 nitrogen and oxygen atoms in total. The summed E-state index contributed by atoms with van der Waals surface area (Å²) in [6.07, 6.45) is 0.892. The van der Waals surface area contributed by atoms with Gasteiger partial charge in [0.2, 0.25) is 0 Å². The van der Waals surface area contributed by atoms with Crippen molar-refractivity contribution in [2.45, 2.75) is 19.9 Å². The molecular formula is C16H16N2. The number of rotatable bonds is 3. The summed E-state index contributed by atoms with van der Waals surface area (Å²) in [4.78, 5) is 4.74. The molecular weight excluding hydrogens is 220 g/mol. The predicted octanol–water partition coefficient (Wildman–Crippen LogP) is 3.65. The van der Waals surface area contributed by atoms with E-state index in [0.29, 0.717) is 0 Å². The molecule has 0 amide bonds. The monoisotopic (exact) mass is 236 g/mol. The van der Waals surface area contributed by atoms with Gasteiger partial charge in [-0.1, -0.05) is 42.5 Å². The van der Waals surface area contributed by atoms with Gasteiger partial charge in [0.05, 0.1) is 11.0 Å². The first-order chi connectivity index (χ1) is 8.88. The first-order valence-corrected chi connectivity index (χ1v) is 6.36. The first-order valence-electron chi connectivity index (χ1n) is 6.36. The van der Waals surface area contributed by atoms with Gasteiger partial charge >= 0.3 is 0 Å². The molecule has 0 unspecified atom stereocenters. The number of fused-ring (bicyclic) bond motifs is 1. The smallest absolute Gasteiger partial charge is 0.114 e. The largest absolute Gasteiger partial charge is 0.328 e. The zero-order valence-electron chi connectivity index (χ0n) is 10.5. The Bertz CT molecular complexity index is 653. The Kier molecular flexibility index (Phi) is 2.85. The average molecular weight is 236 g/mol. The zero-order valence-corrected chi connectivity index (χ0v) is 10.5. The van der Waals surface area contributed by atoms with E-state index in [4.69, 9.17) is 4.98 Å². The van der Waals surface area contributed by atoms with Gasteiger partial charge in [-0.25, -0.2) is 4.98 Å². The van der Waals surface area contributed by atoms with Crippen molar-refractivity contribution in [3.63, 3.8) is 0 Å². The SMILES string of the molecule is CCn1c(Cc2ccccc2)nc2ccccc21. The maximum atomic E-state index is 4.74. The van der Waals surface area contributed by atoms with Crippen LogP contribution in [0.3, 0.4) is 0 Å². The maximum absolute atomic E-state index is 4.74.